The molecular formula is C22H18N2O4S2. The molecule has 6 nitrogen and oxygen atoms in total. The van der Waals surface area contributed by atoms with Crippen molar-refractivity contribution >= 4 is 39.1 Å². The molecule has 0 aliphatic rings. The molecule has 0 atom stereocenters. The number of aromatic nitrogens is 2. The molecule has 0 unspecified atom stereocenters. The number of carbonyl (C=O) groups is 1. The van der Waals surface area contributed by atoms with Crippen molar-refractivity contribution in [2.75, 3.05) is 20.0 Å². The Morgan fingerprint density at radius 1 is 1.10 bits per heavy atom. The Morgan fingerprint density at radius 2 is 1.90 bits per heavy atom. The molecule has 2 aromatic carbocycles. The van der Waals surface area contributed by atoms with E-state index in [1.165, 1.54) is 30.2 Å². The molecule has 0 bridgehead atoms. The van der Waals surface area contributed by atoms with Gasteiger partial charge >= 0.3 is 0 Å². The maximum absolute atomic E-state index is 13.1. The number of para-hydroxylation sites is 1. The van der Waals surface area contributed by atoms with E-state index in [0.29, 0.717) is 38.1 Å². The zero-order valence-electron chi connectivity index (χ0n) is 16.3. The van der Waals surface area contributed by atoms with Crippen molar-refractivity contribution in [2.45, 2.75) is 5.16 Å². The molecule has 0 saturated carbocycles. The summed E-state index contributed by atoms with van der Waals surface area (Å²) in [5.74, 6) is 1.00. The summed E-state index contributed by atoms with van der Waals surface area (Å²) in [7, 11) is 3.06. The van der Waals surface area contributed by atoms with Gasteiger partial charge in [0, 0.05) is 0 Å². The van der Waals surface area contributed by atoms with E-state index in [0.717, 1.165) is 0 Å². The molecular weight excluding hydrogens is 420 g/mol. The molecule has 2 aromatic heterocycles. The van der Waals surface area contributed by atoms with E-state index in [4.69, 9.17) is 9.47 Å². The van der Waals surface area contributed by atoms with Crippen LogP contribution in [0.25, 0.3) is 15.9 Å². The summed E-state index contributed by atoms with van der Waals surface area (Å²) in [6.07, 6.45) is 0. The summed E-state index contributed by atoms with van der Waals surface area (Å²) in [4.78, 5) is 31.4. The SMILES string of the molecule is COc1ccc(OC)c(C(=O)CSc2nc3sccc3c(=O)n2-c2ccccc2)c1. The van der Waals surface area contributed by atoms with Gasteiger partial charge in [0.05, 0.1) is 36.6 Å². The molecule has 0 aliphatic carbocycles. The van der Waals surface area contributed by atoms with Crippen molar-refractivity contribution in [1.82, 2.24) is 9.55 Å². The maximum atomic E-state index is 13.1. The number of Topliss-reactive ketones (excluding diaryl/α,β-unsaturated/α-hetero) is 1. The number of ether oxygens (including phenoxy) is 2. The number of rotatable bonds is 7. The van der Waals surface area contributed by atoms with Crippen LogP contribution in [-0.2, 0) is 0 Å². The number of hydrogen-bond acceptors (Lipinski definition) is 7. The quantitative estimate of drug-likeness (QED) is 0.241. The Hall–Kier alpha value is -3.10. The lowest BCUT2D eigenvalue weighted by molar-refractivity contribution is 0.101. The highest BCUT2D eigenvalue weighted by molar-refractivity contribution is 7.99. The molecule has 152 valence electrons. The van der Waals surface area contributed by atoms with Crippen LogP contribution in [0.3, 0.4) is 0 Å². The fourth-order valence-electron chi connectivity index (χ4n) is 3.04. The van der Waals surface area contributed by atoms with E-state index in [9.17, 15) is 9.59 Å². The van der Waals surface area contributed by atoms with Gasteiger partial charge in [0.1, 0.15) is 16.3 Å². The smallest absolute Gasteiger partial charge is 0.267 e. The van der Waals surface area contributed by atoms with Gasteiger partial charge in [-0.15, -0.1) is 11.3 Å². The van der Waals surface area contributed by atoms with E-state index >= 15 is 0 Å². The number of benzene rings is 2. The predicted octanol–water partition coefficient (Wildman–Crippen LogP) is 4.44. The van der Waals surface area contributed by atoms with Crippen molar-refractivity contribution in [3.05, 3.63) is 75.9 Å². The average molecular weight is 439 g/mol. The third-order valence-corrected chi connectivity index (χ3v) is 6.27. The standard InChI is InChI=1S/C22H18N2O4S2/c1-27-15-8-9-19(28-2)17(12-15)18(25)13-30-22-23-20-16(10-11-29-20)21(26)24(22)14-6-4-3-5-7-14/h3-12H,13H2,1-2H3. The van der Waals surface area contributed by atoms with Gasteiger partial charge in [-0.25, -0.2) is 4.98 Å². The molecule has 0 saturated heterocycles. The summed E-state index contributed by atoms with van der Waals surface area (Å²) in [6, 6.07) is 16.2. The van der Waals surface area contributed by atoms with E-state index < -0.39 is 0 Å². The second-order valence-corrected chi connectivity index (χ2v) is 8.13. The van der Waals surface area contributed by atoms with Gasteiger partial charge in [0.2, 0.25) is 0 Å². The van der Waals surface area contributed by atoms with Crippen molar-refractivity contribution in [3.63, 3.8) is 0 Å². The van der Waals surface area contributed by atoms with Gasteiger partial charge in [0.15, 0.2) is 10.9 Å². The van der Waals surface area contributed by atoms with Crippen LogP contribution in [0.1, 0.15) is 10.4 Å². The van der Waals surface area contributed by atoms with E-state index in [2.05, 4.69) is 4.98 Å². The van der Waals surface area contributed by atoms with Crippen molar-refractivity contribution in [1.29, 1.82) is 0 Å². The lowest BCUT2D eigenvalue weighted by atomic mass is 10.1. The predicted molar refractivity (Wildman–Crippen MR) is 120 cm³/mol. The van der Waals surface area contributed by atoms with Crippen LogP contribution >= 0.6 is 23.1 Å². The first-order valence-electron chi connectivity index (χ1n) is 9.06. The van der Waals surface area contributed by atoms with Gasteiger partial charge in [-0.05, 0) is 41.8 Å². The largest absolute Gasteiger partial charge is 0.497 e. The number of ketones is 1. The van der Waals surface area contributed by atoms with E-state index in [1.54, 1.807) is 35.9 Å². The third-order valence-electron chi connectivity index (χ3n) is 4.52. The minimum Gasteiger partial charge on any atom is -0.497 e. The van der Waals surface area contributed by atoms with Crippen LogP contribution in [0.5, 0.6) is 11.5 Å². The summed E-state index contributed by atoms with van der Waals surface area (Å²) >= 11 is 2.62. The molecule has 0 N–H and O–H groups in total. The zero-order chi connectivity index (χ0) is 21.1. The summed E-state index contributed by atoms with van der Waals surface area (Å²) in [5, 5.41) is 2.88. The Balaban J connectivity index is 1.71. The molecule has 8 heteroatoms. The number of carbonyl (C=O) groups excluding carboxylic acids is 1. The van der Waals surface area contributed by atoms with Crippen LogP contribution in [0.15, 0.2) is 69.9 Å². The fraction of sp³-hybridized carbons (Fsp3) is 0.136. The number of hydrogen-bond donors (Lipinski definition) is 0. The third kappa shape index (κ3) is 3.83. The summed E-state index contributed by atoms with van der Waals surface area (Å²) in [6.45, 7) is 0. The summed E-state index contributed by atoms with van der Waals surface area (Å²) < 4.78 is 12.1. The topological polar surface area (TPSA) is 70.4 Å². The molecule has 0 spiro atoms. The Bertz CT molecular complexity index is 1270. The van der Waals surface area contributed by atoms with Crippen LogP contribution < -0.4 is 15.0 Å². The van der Waals surface area contributed by atoms with E-state index in [1.807, 2.05) is 35.7 Å². The van der Waals surface area contributed by atoms with Crippen LogP contribution in [0, 0.1) is 0 Å². The van der Waals surface area contributed by atoms with Gasteiger partial charge in [0.25, 0.3) is 5.56 Å². The molecule has 0 amide bonds. The highest BCUT2D eigenvalue weighted by Gasteiger charge is 2.18. The average Bonchev–Trinajstić information content (AvgIpc) is 3.26. The first kappa shape index (κ1) is 20.2. The normalized spacial score (nSPS) is 10.9. The van der Waals surface area contributed by atoms with Crippen molar-refractivity contribution in [2.24, 2.45) is 0 Å². The Morgan fingerprint density at radius 3 is 2.63 bits per heavy atom. The fourth-order valence-corrected chi connectivity index (χ4v) is 4.74. The number of nitrogens with zero attached hydrogens (tertiary/aromatic N) is 2. The second-order valence-electron chi connectivity index (χ2n) is 6.29. The number of thiophene rings is 1. The Kier molecular flexibility index (Phi) is 5.87. The highest BCUT2D eigenvalue weighted by atomic mass is 32.2. The zero-order valence-corrected chi connectivity index (χ0v) is 18.0. The molecule has 4 rings (SSSR count). The van der Waals surface area contributed by atoms with Gasteiger partial charge in [-0.3, -0.25) is 14.2 Å². The minimum atomic E-state index is -0.152. The molecule has 30 heavy (non-hydrogen) atoms. The lowest BCUT2D eigenvalue weighted by Crippen LogP contribution is -2.21. The molecule has 4 aromatic rings. The van der Waals surface area contributed by atoms with Crippen LogP contribution in [-0.4, -0.2) is 35.3 Å². The first-order chi connectivity index (χ1) is 14.6. The van der Waals surface area contributed by atoms with Crippen molar-refractivity contribution < 1.29 is 14.3 Å². The lowest BCUT2D eigenvalue weighted by Gasteiger charge is -2.13. The molecule has 0 radical (unpaired) electrons. The Labute approximate surface area is 181 Å². The monoisotopic (exact) mass is 438 g/mol. The van der Waals surface area contributed by atoms with Crippen LogP contribution in [0.4, 0.5) is 0 Å². The van der Waals surface area contributed by atoms with Gasteiger partial charge in [-0.2, -0.15) is 0 Å². The number of methoxy groups -OCH3 is 2. The number of thioether (sulfide) groups is 1. The van der Waals surface area contributed by atoms with Gasteiger partial charge in [-0.1, -0.05) is 30.0 Å². The minimum absolute atomic E-state index is 0.0969. The maximum Gasteiger partial charge on any atom is 0.267 e. The molecule has 0 aliphatic heterocycles. The number of fused-ring (bicyclic) bond motifs is 1. The van der Waals surface area contributed by atoms with Gasteiger partial charge < -0.3 is 9.47 Å². The van der Waals surface area contributed by atoms with E-state index in [-0.39, 0.29) is 17.1 Å². The van der Waals surface area contributed by atoms with Crippen LogP contribution in [0.2, 0.25) is 0 Å². The van der Waals surface area contributed by atoms with Crippen molar-refractivity contribution in [3.8, 4) is 17.2 Å². The first-order valence-corrected chi connectivity index (χ1v) is 10.9. The molecule has 2 heterocycles. The molecule has 0 fully saturated rings. The highest BCUT2D eigenvalue weighted by Crippen LogP contribution is 2.28. The second kappa shape index (κ2) is 8.73. The summed E-state index contributed by atoms with van der Waals surface area (Å²) in [5.41, 5.74) is 0.980.